The van der Waals surface area contributed by atoms with Crippen molar-refractivity contribution in [1.29, 1.82) is 0 Å². The SMILES string of the molecule is CCOC(=O)Cc1cc(C2CC2)cn2cc(CNC(=O)OC(C)(C)C)nc12. The van der Waals surface area contributed by atoms with Crippen LogP contribution in [0.3, 0.4) is 0 Å². The zero-order valence-corrected chi connectivity index (χ0v) is 16.4. The zero-order valence-electron chi connectivity index (χ0n) is 16.4. The summed E-state index contributed by atoms with van der Waals surface area (Å²) < 4.78 is 12.3. The molecule has 0 aliphatic heterocycles. The van der Waals surface area contributed by atoms with Crippen LogP contribution >= 0.6 is 0 Å². The summed E-state index contributed by atoms with van der Waals surface area (Å²) in [4.78, 5) is 28.4. The fourth-order valence-corrected chi connectivity index (χ4v) is 2.94. The molecule has 1 N–H and O–H groups in total. The third-order valence-electron chi connectivity index (χ3n) is 4.20. The number of pyridine rings is 1. The number of carbonyl (C=O) groups is 2. The van der Waals surface area contributed by atoms with Crippen molar-refractivity contribution in [3.63, 3.8) is 0 Å². The van der Waals surface area contributed by atoms with Crippen molar-refractivity contribution in [2.75, 3.05) is 6.61 Å². The largest absolute Gasteiger partial charge is 0.466 e. The van der Waals surface area contributed by atoms with E-state index >= 15 is 0 Å². The first-order valence-corrected chi connectivity index (χ1v) is 9.38. The maximum Gasteiger partial charge on any atom is 0.407 e. The first-order chi connectivity index (χ1) is 12.7. The summed E-state index contributed by atoms with van der Waals surface area (Å²) in [5.41, 5.74) is 2.94. The molecule has 3 rings (SSSR count). The lowest BCUT2D eigenvalue weighted by molar-refractivity contribution is -0.142. The number of hydrogen-bond donors (Lipinski definition) is 1. The van der Waals surface area contributed by atoms with Crippen molar-refractivity contribution in [1.82, 2.24) is 14.7 Å². The molecule has 146 valence electrons. The van der Waals surface area contributed by atoms with E-state index in [-0.39, 0.29) is 18.9 Å². The number of esters is 1. The minimum Gasteiger partial charge on any atom is -0.466 e. The monoisotopic (exact) mass is 373 g/mol. The highest BCUT2D eigenvalue weighted by Crippen LogP contribution is 2.40. The summed E-state index contributed by atoms with van der Waals surface area (Å²) in [6.07, 6.45) is 6.00. The highest BCUT2D eigenvalue weighted by Gasteiger charge is 2.25. The van der Waals surface area contributed by atoms with Crippen LogP contribution in [0.2, 0.25) is 0 Å². The van der Waals surface area contributed by atoms with E-state index in [4.69, 9.17) is 9.47 Å². The first-order valence-electron chi connectivity index (χ1n) is 9.38. The lowest BCUT2D eigenvalue weighted by atomic mass is 10.1. The molecule has 0 saturated heterocycles. The maximum atomic E-state index is 12.0. The molecule has 2 aromatic heterocycles. The van der Waals surface area contributed by atoms with Gasteiger partial charge in [-0.15, -0.1) is 0 Å². The van der Waals surface area contributed by atoms with Gasteiger partial charge in [-0.2, -0.15) is 0 Å². The number of imidazole rings is 1. The van der Waals surface area contributed by atoms with Crippen LogP contribution in [-0.2, 0) is 27.2 Å². The minimum absolute atomic E-state index is 0.188. The fourth-order valence-electron chi connectivity index (χ4n) is 2.94. The molecule has 1 aliphatic carbocycles. The molecule has 1 aliphatic rings. The standard InChI is InChI=1S/C20H27N3O4/c1-5-26-17(24)9-14-8-15(13-6-7-13)11-23-12-16(22-18(14)23)10-21-19(25)27-20(2,3)4/h8,11-13H,5-7,9-10H2,1-4H3,(H,21,25). The van der Waals surface area contributed by atoms with Gasteiger partial charge >= 0.3 is 12.1 Å². The molecule has 2 heterocycles. The molecule has 2 aromatic rings. The molecular formula is C20H27N3O4. The number of carbonyl (C=O) groups excluding carboxylic acids is 2. The normalized spacial score (nSPS) is 14.2. The average Bonchev–Trinajstić information content (AvgIpc) is 3.31. The Labute approximate surface area is 159 Å². The number of aromatic nitrogens is 2. The van der Waals surface area contributed by atoms with Crippen LogP contribution in [0.4, 0.5) is 4.79 Å². The van der Waals surface area contributed by atoms with Crippen LogP contribution in [0.5, 0.6) is 0 Å². The van der Waals surface area contributed by atoms with Crippen LogP contribution in [0.15, 0.2) is 18.5 Å². The van der Waals surface area contributed by atoms with Crippen molar-refractivity contribution < 1.29 is 19.1 Å². The van der Waals surface area contributed by atoms with Crippen LogP contribution in [0, 0.1) is 0 Å². The molecule has 0 atom stereocenters. The number of fused-ring (bicyclic) bond motifs is 1. The first kappa shape index (κ1) is 19.2. The van der Waals surface area contributed by atoms with E-state index in [0.717, 1.165) is 5.56 Å². The second-order valence-electron chi connectivity index (χ2n) is 7.87. The summed E-state index contributed by atoms with van der Waals surface area (Å²) in [7, 11) is 0. The van der Waals surface area contributed by atoms with E-state index < -0.39 is 11.7 Å². The zero-order chi connectivity index (χ0) is 19.6. The van der Waals surface area contributed by atoms with Gasteiger partial charge in [0.15, 0.2) is 0 Å². The van der Waals surface area contributed by atoms with E-state index in [0.29, 0.717) is 23.9 Å². The molecule has 1 amide bonds. The molecule has 7 nitrogen and oxygen atoms in total. The molecular weight excluding hydrogens is 346 g/mol. The van der Waals surface area contributed by atoms with Crippen molar-refractivity contribution in [2.24, 2.45) is 0 Å². The van der Waals surface area contributed by atoms with Gasteiger partial charge in [0.1, 0.15) is 11.2 Å². The minimum atomic E-state index is -0.547. The maximum absolute atomic E-state index is 12.0. The fraction of sp³-hybridized carbons (Fsp3) is 0.550. The van der Waals surface area contributed by atoms with Crippen LogP contribution in [0.25, 0.3) is 5.65 Å². The van der Waals surface area contributed by atoms with Gasteiger partial charge in [-0.05, 0) is 58.1 Å². The van der Waals surface area contributed by atoms with Gasteiger partial charge in [0.25, 0.3) is 0 Å². The van der Waals surface area contributed by atoms with Crippen LogP contribution < -0.4 is 5.32 Å². The Morgan fingerprint density at radius 3 is 2.67 bits per heavy atom. The number of alkyl carbamates (subject to hydrolysis) is 1. The Kier molecular flexibility index (Phi) is 5.39. The van der Waals surface area contributed by atoms with Crippen molar-refractivity contribution in [3.8, 4) is 0 Å². The third-order valence-corrected chi connectivity index (χ3v) is 4.20. The number of nitrogens with zero attached hydrogens (tertiary/aromatic N) is 2. The second kappa shape index (κ2) is 7.58. The summed E-state index contributed by atoms with van der Waals surface area (Å²) in [6, 6.07) is 2.06. The van der Waals surface area contributed by atoms with E-state index in [1.165, 1.54) is 18.4 Å². The van der Waals surface area contributed by atoms with Crippen LogP contribution in [0.1, 0.15) is 63.3 Å². The molecule has 1 fully saturated rings. The predicted octanol–water partition coefficient (Wildman–Crippen LogP) is 3.34. The van der Waals surface area contributed by atoms with Gasteiger partial charge < -0.3 is 19.2 Å². The highest BCUT2D eigenvalue weighted by atomic mass is 16.6. The molecule has 0 bridgehead atoms. The quantitative estimate of drug-likeness (QED) is 0.786. The van der Waals surface area contributed by atoms with Crippen LogP contribution in [-0.4, -0.2) is 33.7 Å². The summed E-state index contributed by atoms with van der Waals surface area (Å²) in [5, 5.41) is 2.72. The van der Waals surface area contributed by atoms with E-state index in [1.54, 1.807) is 6.92 Å². The molecule has 1 saturated carbocycles. The summed E-state index contributed by atoms with van der Waals surface area (Å²) in [6.45, 7) is 7.87. The number of rotatable bonds is 6. The Morgan fingerprint density at radius 2 is 2.04 bits per heavy atom. The number of amides is 1. The van der Waals surface area contributed by atoms with Crippen molar-refractivity contribution in [3.05, 3.63) is 35.3 Å². The van der Waals surface area contributed by atoms with Gasteiger partial charge in [-0.1, -0.05) is 0 Å². The topological polar surface area (TPSA) is 81.9 Å². The van der Waals surface area contributed by atoms with E-state index in [9.17, 15) is 9.59 Å². The lowest BCUT2D eigenvalue weighted by Crippen LogP contribution is -2.32. The van der Waals surface area contributed by atoms with Gasteiger partial charge in [0.05, 0.1) is 25.3 Å². The Bertz CT molecular complexity index is 847. The number of nitrogens with one attached hydrogen (secondary N) is 1. The lowest BCUT2D eigenvalue weighted by Gasteiger charge is -2.19. The highest BCUT2D eigenvalue weighted by molar-refractivity contribution is 5.75. The Balaban J connectivity index is 1.80. The molecule has 27 heavy (non-hydrogen) atoms. The summed E-state index contributed by atoms with van der Waals surface area (Å²) in [5.74, 6) is 0.296. The van der Waals surface area contributed by atoms with Gasteiger partial charge in [-0.25, -0.2) is 9.78 Å². The Hall–Kier alpha value is -2.57. The van der Waals surface area contributed by atoms with Gasteiger partial charge in [0, 0.05) is 18.0 Å². The molecule has 0 aromatic carbocycles. The average molecular weight is 373 g/mol. The third kappa shape index (κ3) is 5.21. The van der Waals surface area contributed by atoms with Crippen molar-refractivity contribution in [2.45, 2.75) is 65.0 Å². The molecule has 0 radical (unpaired) electrons. The molecule has 0 unspecified atom stereocenters. The number of hydrogen-bond acceptors (Lipinski definition) is 5. The van der Waals surface area contributed by atoms with Gasteiger partial charge in [0.2, 0.25) is 0 Å². The van der Waals surface area contributed by atoms with Gasteiger partial charge in [-0.3, -0.25) is 4.79 Å². The van der Waals surface area contributed by atoms with Crippen molar-refractivity contribution >= 4 is 17.7 Å². The van der Waals surface area contributed by atoms with E-state index in [2.05, 4.69) is 22.6 Å². The predicted molar refractivity (Wildman–Crippen MR) is 101 cm³/mol. The summed E-state index contributed by atoms with van der Waals surface area (Å²) >= 11 is 0. The second-order valence-corrected chi connectivity index (χ2v) is 7.87. The van der Waals surface area contributed by atoms with E-state index in [1.807, 2.05) is 31.4 Å². The molecule has 0 spiro atoms. The smallest absolute Gasteiger partial charge is 0.407 e. The Morgan fingerprint density at radius 1 is 1.30 bits per heavy atom. The molecule has 7 heteroatoms. The number of ether oxygens (including phenoxy) is 2.